The summed E-state index contributed by atoms with van der Waals surface area (Å²) in [4.78, 5) is 18.1. The maximum absolute atomic E-state index is 12.0. The number of alkyl halides is 1. The van der Waals surface area contributed by atoms with Crippen LogP contribution in [0.4, 0.5) is 0 Å². The lowest BCUT2D eigenvalue weighted by molar-refractivity contribution is -0.134. The van der Waals surface area contributed by atoms with Crippen molar-refractivity contribution in [2.45, 2.75) is 31.7 Å². The summed E-state index contributed by atoms with van der Waals surface area (Å²) in [5.74, 6) is 0.559. The lowest BCUT2D eigenvalue weighted by Crippen LogP contribution is -2.38. The molecular weight excluding hydrogens is 236 g/mol. The summed E-state index contributed by atoms with van der Waals surface area (Å²) in [6, 6.07) is 4.16. The Morgan fingerprint density at radius 2 is 2.41 bits per heavy atom. The Kier molecular flexibility index (Phi) is 4.37. The van der Waals surface area contributed by atoms with Crippen molar-refractivity contribution in [1.82, 2.24) is 9.88 Å². The van der Waals surface area contributed by atoms with Gasteiger partial charge in [-0.1, -0.05) is 6.07 Å². The number of halogens is 1. The Hall–Kier alpha value is -1.09. The van der Waals surface area contributed by atoms with Gasteiger partial charge < -0.3 is 4.90 Å². The van der Waals surface area contributed by atoms with Crippen molar-refractivity contribution < 1.29 is 4.79 Å². The van der Waals surface area contributed by atoms with E-state index in [0.29, 0.717) is 12.3 Å². The van der Waals surface area contributed by atoms with Crippen LogP contribution in [0.15, 0.2) is 24.5 Å². The largest absolute Gasteiger partial charge is 0.336 e. The van der Waals surface area contributed by atoms with Gasteiger partial charge in [0.15, 0.2) is 0 Å². The molecule has 92 valence electrons. The van der Waals surface area contributed by atoms with Gasteiger partial charge in [0.1, 0.15) is 0 Å². The zero-order chi connectivity index (χ0) is 12.1. The van der Waals surface area contributed by atoms with E-state index in [1.165, 1.54) is 6.42 Å². The molecule has 1 aliphatic rings. The van der Waals surface area contributed by atoms with E-state index in [1.807, 2.05) is 23.2 Å². The minimum Gasteiger partial charge on any atom is -0.336 e. The topological polar surface area (TPSA) is 33.2 Å². The summed E-state index contributed by atoms with van der Waals surface area (Å²) in [5.41, 5.74) is 1.13. The van der Waals surface area contributed by atoms with E-state index in [2.05, 4.69) is 4.98 Å². The van der Waals surface area contributed by atoms with Gasteiger partial charge in [0.25, 0.3) is 0 Å². The predicted octanol–water partition coefficient (Wildman–Crippen LogP) is 2.76. The van der Waals surface area contributed by atoms with Gasteiger partial charge in [-0.3, -0.25) is 9.78 Å². The smallest absolute Gasteiger partial charge is 0.224 e. The molecule has 1 aromatic rings. The number of aromatic nitrogens is 1. The molecule has 3 nitrogen and oxygen atoms in total. The Morgan fingerprint density at radius 3 is 3.12 bits per heavy atom. The third kappa shape index (κ3) is 2.97. The number of piperidine rings is 1. The fourth-order valence-electron chi connectivity index (χ4n) is 2.37. The molecule has 0 unspecified atom stereocenters. The summed E-state index contributed by atoms with van der Waals surface area (Å²) in [6.07, 6.45) is 7.33. The predicted molar refractivity (Wildman–Crippen MR) is 67.9 cm³/mol. The van der Waals surface area contributed by atoms with E-state index < -0.39 is 0 Å². The second-order valence-electron chi connectivity index (χ2n) is 4.32. The van der Waals surface area contributed by atoms with Gasteiger partial charge in [0, 0.05) is 31.2 Å². The molecule has 0 N–H and O–H groups in total. The minimum atomic E-state index is 0.161. The molecule has 2 rings (SSSR count). The summed E-state index contributed by atoms with van der Waals surface area (Å²) >= 11 is 5.65. The van der Waals surface area contributed by atoms with Crippen molar-refractivity contribution in [3.8, 4) is 0 Å². The highest BCUT2D eigenvalue weighted by Gasteiger charge is 2.27. The normalized spacial score (nSPS) is 20.3. The van der Waals surface area contributed by atoms with Crippen LogP contribution < -0.4 is 0 Å². The maximum atomic E-state index is 12.0. The van der Waals surface area contributed by atoms with Crippen molar-refractivity contribution >= 4 is 17.5 Å². The standard InChI is InChI=1S/C13H17ClN2O/c14-7-6-13(17)16-9-2-1-5-12(16)11-4-3-8-15-10-11/h3-4,8,10,12H,1-2,5-7,9H2/t12-/m0/s1. The van der Waals surface area contributed by atoms with Crippen LogP contribution in [0.3, 0.4) is 0 Å². The molecule has 2 heterocycles. The van der Waals surface area contributed by atoms with E-state index in [9.17, 15) is 4.79 Å². The van der Waals surface area contributed by atoms with E-state index in [1.54, 1.807) is 6.20 Å². The Bertz CT molecular complexity index is 369. The Labute approximate surface area is 107 Å². The van der Waals surface area contributed by atoms with Crippen LogP contribution >= 0.6 is 11.6 Å². The molecule has 0 saturated carbocycles. The summed E-state index contributed by atoms with van der Waals surface area (Å²) in [6.45, 7) is 0.843. The van der Waals surface area contributed by atoms with Gasteiger partial charge in [0.05, 0.1) is 6.04 Å². The van der Waals surface area contributed by atoms with Crippen LogP contribution in [0.2, 0.25) is 0 Å². The highest BCUT2D eigenvalue weighted by atomic mass is 35.5. The van der Waals surface area contributed by atoms with Crippen molar-refractivity contribution in [2.75, 3.05) is 12.4 Å². The van der Waals surface area contributed by atoms with Crippen molar-refractivity contribution in [3.05, 3.63) is 30.1 Å². The molecule has 4 heteroatoms. The van der Waals surface area contributed by atoms with E-state index >= 15 is 0 Å². The number of nitrogens with zero attached hydrogens (tertiary/aromatic N) is 2. The second-order valence-corrected chi connectivity index (χ2v) is 4.70. The molecule has 1 aromatic heterocycles. The van der Waals surface area contributed by atoms with Crippen molar-refractivity contribution in [2.24, 2.45) is 0 Å². The van der Waals surface area contributed by atoms with Gasteiger partial charge in [-0.15, -0.1) is 11.6 Å². The number of amides is 1. The summed E-state index contributed by atoms with van der Waals surface area (Å²) in [7, 11) is 0. The van der Waals surface area contributed by atoms with Gasteiger partial charge in [-0.05, 0) is 30.9 Å². The van der Waals surface area contributed by atoms with E-state index in [4.69, 9.17) is 11.6 Å². The zero-order valence-corrected chi connectivity index (χ0v) is 10.6. The first-order valence-corrected chi connectivity index (χ1v) is 6.61. The average molecular weight is 253 g/mol. The number of likely N-dealkylation sites (tertiary alicyclic amines) is 1. The first-order chi connectivity index (χ1) is 8.33. The molecule has 0 radical (unpaired) electrons. The van der Waals surface area contributed by atoms with Crippen LogP contribution in [0.25, 0.3) is 0 Å². The number of rotatable bonds is 3. The van der Waals surface area contributed by atoms with Crippen LogP contribution in [0.5, 0.6) is 0 Å². The molecule has 0 aliphatic carbocycles. The highest BCUT2D eigenvalue weighted by molar-refractivity contribution is 6.18. The van der Waals surface area contributed by atoms with Crippen LogP contribution in [-0.4, -0.2) is 28.2 Å². The molecule has 1 saturated heterocycles. The molecule has 17 heavy (non-hydrogen) atoms. The Balaban J connectivity index is 2.15. The van der Waals surface area contributed by atoms with Gasteiger partial charge in [-0.2, -0.15) is 0 Å². The quantitative estimate of drug-likeness (QED) is 0.775. The SMILES string of the molecule is O=C(CCCl)N1CCCC[C@H]1c1cccnc1. The van der Waals surface area contributed by atoms with Crippen molar-refractivity contribution in [1.29, 1.82) is 0 Å². The van der Waals surface area contributed by atoms with Gasteiger partial charge in [0.2, 0.25) is 5.91 Å². The third-order valence-corrected chi connectivity index (χ3v) is 3.39. The van der Waals surface area contributed by atoms with E-state index in [-0.39, 0.29) is 11.9 Å². The minimum absolute atomic E-state index is 0.161. The molecule has 0 aromatic carbocycles. The van der Waals surface area contributed by atoms with E-state index in [0.717, 1.165) is 24.9 Å². The molecule has 1 fully saturated rings. The van der Waals surface area contributed by atoms with Crippen LogP contribution in [-0.2, 0) is 4.79 Å². The molecule has 1 atom stereocenters. The molecular formula is C13H17ClN2O. The maximum Gasteiger partial charge on any atom is 0.224 e. The van der Waals surface area contributed by atoms with Crippen LogP contribution in [0, 0.1) is 0 Å². The second kappa shape index (κ2) is 6.01. The lowest BCUT2D eigenvalue weighted by Gasteiger charge is -2.36. The van der Waals surface area contributed by atoms with Crippen molar-refractivity contribution in [3.63, 3.8) is 0 Å². The number of hydrogen-bond donors (Lipinski definition) is 0. The number of pyridine rings is 1. The monoisotopic (exact) mass is 252 g/mol. The van der Waals surface area contributed by atoms with Crippen LogP contribution in [0.1, 0.15) is 37.3 Å². The first-order valence-electron chi connectivity index (χ1n) is 6.08. The highest BCUT2D eigenvalue weighted by Crippen LogP contribution is 2.30. The zero-order valence-electron chi connectivity index (χ0n) is 9.81. The Morgan fingerprint density at radius 1 is 1.53 bits per heavy atom. The molecule has 0 bridgehead atoms. The number of carbonyl (C=O) groups excluding carboxylic acids is 1. The summed E-state index contributed by atoms with van der Waals surface area (Å²) in [5, 5.41) is 0. The number of carbonyl (C=O) groups is 1. The summed E-state index contributed by atoms with van der Waals surface area (Å²) < 4.78 is 0. The van der Waals surface area contributed by atoms with Gasteiger partial charge in [-0.25, -0.2) is 0 Å². The fraction of sp³-hybridized carbons (Fsp3) is 0.538. The lowest BCUT2D eigenvalue weighted by atomic mass is 9.96. The number of hydrogen-bond acceptors (Lipinski definition) is 2. The third-order valence-electron chi connectivity index (χ3n) is 3.20. The molecule has 1 aliphatic heterocycles. The first kappa shape index (κ1) is 12.4. The van der Waals surface area contributed by atoms with Gasteiger partial charge >= 0.3 is 0 Å². The molecule has 1 amide bonds. The fourth-order valence-corrected chi connectivity index (χ4v) is 2.54. The molecule has 0 spiro atoms. The average Bonchev–Trinajstić information content (AvgIpc) is 2.40.